The summed E-state index contributed by atoms with van der Waals surface area (Å²) in [5.41, 5.74) is 5.27. The van der Waals surface area contributed by atoms with Gasteiger partial charge in [-0.3, -0.25) is 19.4 Å². The minimum atomic E-state index is -1.04. The summed E-state index contributed by atoms with van der Waals surface area (Å²) in [7, 11) is 3.87. The standard InChI is InChI=1S/C30H38N4O4/c1-19(2)12-26(34-18-22(17-33(5)6)10-11-27(34)35)30(38)32-25(14-28(36)37)23-13-24(16-31-15-23)29-20(3)8-7-9-21(29)4/h7-11,13,15-16,18-19,25-26H,12,14,17H2,1-6H3,(H,32,38)(H,36,37)/t25-,26-/m0/s1. The molecule has 202 valence electrons. The number of nitrogens with zero attached hydrogens (tertiary/aromatic N) is 3. The van der Waals surface area contributed by atoms with Crippen LogP contribution in [-0.4, -0.2) is 45.5 Å². The van der Waals surface area contributed by atoms with Crippen molar-refractivity contribution in [3.63, 3.8) is 0 Å². The van der Waals surface area contributed by atoms with Crippen LogP contribution >= 0.6 is 0 Å². The zero-order valence-corrected chi connectivity index (χ0v) is 23.1. The van der Waals surface area contributed by atoms with E-state index in [1.165, 1.54) is 10.6 Å². The molecule has 2 N–H and O–H groups in total. The number of carbonyl (C=O) groups excluding carboxylic acids is 1. The molecule has 0 aliphatic rings. The van der Waals surface area contributed by atoms with E-state index < -0.39 is 24.0 Å². The van der Waals surface area contributed by atoms with Gasteiger partial charge in [0.25, 0.3) is 5.56 Å². The number of carboxylic acid groups (broad SMARTS) is 1. The first-order valence-electron chi connectivity index (χ1n) is 12.9. The zero-order valence-electron chi connectivity index (χ0n) is 23.1. The lowest BCUT2D eigenvalue weighted by Crippen LogP contribution is -2.40. The minimum Gasteiger partial charge on any atom is -0.481 e. The highest BCUT2D eigenvalue weighted by atomic mass is 16.4. The van der Waals surface area contributed by atoms with E-state index in [1.54, 1.807) is 24.7 Å². The van der Waals surface area contributed by atoms with Gasteiger partial charge < -0.3 is 19.9 Å². The quantitative estimate of drug-likeness (QED) is 0.387. The third-order valence-electron chi connectivity index (χ3n) is 6.46. The molecule has 0 fully saturated rings. The van der Waals surface area contributed by atoms with Crippen LogP contribution in [0.25, 0.3) is 11.1 Å². The van der Waals surface area contributed by atoms with Crippen molar-refractivity contribution in [2.24, 2.45) is 5.92 Å². The molecule has 2 aromatic heterocycles. The predicted molar refractivity (Wildman–Crippen MR) is 149 cm³/mol. The normalized spacial score (nSPS) is 12.9. The van der Waals surface area contributed by atoms with Crippen molar-refractivity contribution in [2.45, 2.75) is 59.2 Å². The number of aryl methyl sites for hydroxylation is 2. The Kier molecular flexibility index (Phi) is 9.58. The molecule has 0 saturated carbocycles. The van der Waals surface area contributed by atoms with Gasteiger partial charge in [-0.1, -0.05) is 38.1 Å². The molecule has 2 heterocycles. The third-order valence-corrected chi connectivity index (χ3v) is 6.46. The fourth-order valence-electron chi connectivity index (χ4n) is 4.79. The topological polar surface area (TPSA) is 105 Å². The molecule has 0 unspecified atom stereocenters. The van der Waals surface area contributed by atoms with Crippen molar-refractivity contribution in [3.8, 4) is 11.1 Å². The molecular weight excluding hydrogens is 480 g/mol. The molecule has 38 heavy (non-hydrogen) atoms. The van der Waals surface area contributed by atoms with Gasteiger partial charge >= 0.3 is 5.97 Å². The Bertz CT molecular complexity index is 1330. The highest BCUT2D eigenvalue weighted by Gasteiger charge is 2.27. The summed E-state index contributed by atoms with van der Waals surface area (Å²) < 4.78 is 1.47. The Morgan fingerprint density at radius 3 is 2.37 bits per heavy atom. The zero-order chi connectivity index (χ0) is 28.0. The van der Waals surface area contributed by atoms with Crippen LogP contribution in [0.15, 0.2) is 59.8 Å². The van der Waals surface area contributed by atoms with E-state index in [9.17, 15) is 19.5 Å². The molecule has 1 amide bonds. The largest absolute Gasteiger partial charge is 0.481 e. The smallest absolute Gasteiger partial charge is 0.305 e. The average molecular weight is 519 g/mol. The Labute approximate surface area is 224 Å². The number of carbonyl (C=O) groups is 2. The highest BCUT2D eigenvalue weighted by molar-refractivity contribution is 5.82. The van der Waals surface area contributed by atoms with Gasteiger partial charge in [0, 0.05) is 36.8 Å². The second-order valence-electron chi connectivity index (χ2n) is 10.6. The molecule has 1 aromatic carbocycles. The van der Waals surface area contributed by atoms with E-state index in [1.807, 2.05) is 71.0 Å². The molecule has 0 bridgehead atoms. The predicted octanol–water partition coefficient (Wildman–Crippen LogP) is 4.51. The SMILES string of the molecule is Cc1cccc(C)c1-c1cncc([C@H](CC(=O)O)NC(=O)[C@H](CC(C)C)n2cc(CN(C)C)ccc2=O)c1. The number of rotatable bonds is 11. The van der Waals surface area contributed by atoms with Gasteiger partial charge in [0.2, 0.25) is 5.91 Å². The third kappa shape index (κ3) is 7.38. The number of aliphatic carboxylic acids is 1. The first-order valence-corrected chi connectivity index (χ1v) is 12.9. The maximum atomic E-state index is 13.7. The molecule has 3 aromatic rings. The number of benzene rings is 1. The Morgan fingerprint density at radius 2 is 1.76 bits per heavy atom. The van der Waals surface area contributed by atoms with Gasteiger partial charge in [0.1, 0.15) is 6.04 Å². The summed E-state index contributed by atoms with van der Waals surface area (Å²) in [6.45, 7) is 8.63. The van der Waals surface area contributed by atoms with Crippen molar-refractivity contribution in [1.29, 1.82) is 0 Å². The van der Waals surface area contributed by atoms with Crippen molar-refractivity contribution in [2.75, 3.05) is 14.1 Å². The van der Waals surface area contributed by atoms with E-state index in [0.29, 0.717) is 18.5 Å². The van der Waals surface area contributed by atoms with Crippen LogP contribution in [0.4, 0.5) is 0 Å². The Hall–Kier alpha value is -3.78. The van der Waals surface area contributed by atoms with Gasteiger partial charge in [-0.05, 0) is 74.2 Å². The number of amides is 1. The number of carboxylic acids is 1. The van der Waals surface area contributed by atoms with Crippen molar-refractivity contribution in [1.82, 2.24) is 19.8 Å². The van der Waals surface area contributed by atoms with Crippen LogP contribution < -0.4 is 10.9 Å². The van der Waals surface area contributed by atoms with E-state index in [2.05, 4.69) is 10.3 Å². The van der Waals surface area contributed by atoms with Gasteiger partial charge in [-0.15, -0.1) is 0 Å². The van der Waals surface area contributed by atoms with Crippen LogP contribution in [-0.2, 0) is 16.1 Å². The molecule has 2 atom stereocenters. The minimum absolute atomic E-state index is 0.127. The van der Waals surface area contributed by atoms with Crippen LogP contribution in [0, 0.1) is 19.8 Å². The van der Waals surface area contributed by atoms with Gasteiger partial charge in [0.05, 0.1) is 12.5 Å². The lowest BCUT2D eigenvalue weighted by Gasteiger charge is -2.25. The summed E-state index contributed by atoms with van der Waals surface area (Å²) >= 11 is 0. The number of hydrogen-bond donors (Lipinski definition) is 2. The summed E-state index contributed by atoms with van der Waals surface area (Å²) in [6.07, 6.45) is 5.18. The Balaban J connectivity index is 1.99. The van der Waals surface area contributed by atoms with E-state index in [-0.39, 0.29) is 17.9 Å². The molecule has 0 spiro atoms. The lowest BCUT2D eigenvalue weighted by atomic mass is 9.94. The average Bonchev–Trinajstić information content (AvgIpc) is 2.83. The van der Waals surface area contributed by atoms with Gasteiger partial charge in [-0.2, -0.15) is 0 Å². The molecular formula is C30H38N4O4. The summed E-state index contributed by atoms with van der Waals surface area (Å²) in [5, 5.41) is 12.6. The second kappa shape index (κ2) is 12.6. The van der Waals surface area contributed by atoms with Crippen LogP contribution in [0.3, 0.4) is 0 Å². The van der Waals surface area contributed by atoms with Crippen LogP contribution in [0.2, 0.25) is 0 Å². The molecule has 0 radical (unpaired) electrons. The highest BCUT2D eigenvalue weighted by Crippen LogP contribution is 2.29. The van der Waals surface area contributed by atoms with Crippen molar-refractivity contribution < 1.29 is 14.7 Å². The first kappa shape index (κ1) is 28.8. The van der Waals surface area contributed by atoms with Crippen LogP contribution in [0.5, 0.6) is 0 Å². The maximum Gasteiger partial charge on any atom is 0.305 e. The first-order chi connectivity index (χ1) is 18.0. The molecule has 3 rings (SSSR count). The number of nitrogens with one attached hydrogen (secondary N) is 1. The molecule has 0 aliphatic carbocycles. The molecule has 8 heteroatoms. The molecule has 0 saturated heterocycles. The van der Waals surface area contributed by atoms with E-state index in [4.69, 9.17) is 0 Å². The van der Waals surface area contributed by atoms with E-state index in [0.717, 1.165) is 27.8 Å². The monoisotopic (exact) mass is 518 g/mol. The number of pyridine rings is 2. The fourth-order valence-corrected chi connectivity index (χ4v) is 4.79. The summed E-state index contributed by atoms with van der Waals surface area (Å²) in [5.74, 6) is -1.31. The maximum absolute atomic E-state index is 13.7. The fraction of sp³-hybridized carbons (Fsp3) is 0.400. The van der Waals surface area contributed by atoms with E-state index >= 15 is 0 Å². The van der Waals surface area contributed by atoms with Gasteiger partial charge in [-0.25, -0.2) is 0 Å². The van der Waals surface area contributed by atoms with Gasteiger partial charge in [0.15, 0.2) is 0 Å². The summed E-state index contributed by atoms with van der Waals surface area (Å²) in [4.78, 5) is 44.7. The molecule has 8 nitrogen and oxygen atoms in total. The van der Waals surface area contributed by atoms with Crippen molar-refractivity contribution in [3.05, 3.63) is 87.6 Å². The number of aromatic nitrogens is 2. The molecule has 0 aliphatic heterocycles. The number of hydrogen-bond acceptors (Lipinski definition) is 5. The Morgan fingerprint density at radius 1 is 1.08 bits per heavy atom. The van der Waals surface area contributed by atoms with Crippen LogP contribution in [0.1, 0.15) is 61.0 Å². The lowest BCUT2D eigenvalue weighted by molar-refractivity contribution is -0.138. The summed E-state index contributed by atoms with van der Waals surface area (Å²) in [6, 6.07) is 9.56. The van der Waals surface area contributed by atoms with Crippen molar-refractivity contribution >= 4 is 11.9 Å². The second-order valence-corrected chi connectivity index (χ2v) is 10.6.